The van der Waals surface area contributed by atoms with Crippen molar-refractivity contribution in [1.29, 1.82) is 0 Å². The lowest BCUT2D eigenvalue weighted by molar-refractivity contribution is -0.202. The Morgan fingerprint density at radius 1 is 1.24 bits per heavy atom. The maximum Gasteiger partial charge on any atom is 0.305 e. The molecule has 1 aliphatic heterocycles. The number of carbonyl (C=O) groups is 2. The van der Waals surface area contributed by atoms with Crippen LogP contribution >= 0.6 is 0 Å². The van der Waals surface area contributed by atoms with Crippen LogP contribution in [-0.2, 0) is 23.8 Å². The number of hydrogen-bond donors (Lipinski definition) is 0. The van der Waals surface area contributed by atoms with Crippen molar-refractivity contribution in [2.75, 3.05) is 0 Å². The second kappa shape index (κ2) is 5.04. The lowest BCUT2D eigenvalue weighted by Gasteiger charge is -2.26. The molecule has 4 atom stereocenters. The van der Waals surface area contributed by atoms with E-state index in [9.17, 15) is 9.59 Å². The van der Waals surface area contributed by atoms with Crippen LogP contribution in [0, 0.1) is 5.92 Å². The zero-order valence-corrected chi connectivity index (χ0v) is 11.0. The summed E-state index contributed by atoms with van der Waals surface area (Å²) in [4.78, 5) is 22.1. The predicted octanol–water partition coefficient (Wildman–Crippen LogP) is 1.64. The van der Waals surface area contributed by atoms with Crippen molar-refractivity contribution in [2.45, 2.75) is 59.0 Å². The summed E-state index contributed by atoms with van der Waals surface area (Å²) in [6.45, 7) is 8.48. The van der Waals surface area contributed by atoms with Gasteiger partial charge >= 0.3 is 11.9 Å². The fraction of sp³-hybridized carbons (Fsp3) is 0.833. The highest BCUT2D eigenvalue weighted by molar-refractivity contribution is 5.67. The van der Waals surface area contributed by atoms with Crippen molar-refractivity contribution >= 4 is 11.9 Å². The number of carbonyl (C=O) groups excluding carboxylic acids is 2. The van der Waals surface area contributed by atoms with Crippen LogP contribution in [0.1, 0.15) is 41.0 Å². The summed E-state index contributed by atoms with van der Waals surface area (Å²) in [6, 6.07) is 0. The highest BCUT2D eigenvalue weighted by Crippen LogP contribution is 2.40. The zero-order valence-electron chi connectivity index (χ0n) is 11.0. The van der Waals surface area contributed by atoms with Crippen LogP contribution in [0.5, 0.6) is 0 Å². The topological polar surface area (TPSA) is 61.8 Å². The first-order valence-corrected chi connectivity index (χ1v) is 5.82. The third-order valence-corrected chi connectivity index (χ3v) is 3.40. The molecule has 1 fully saturated rings. The largest absolute Gasteiger partial charge is 0.455 e. The van der Waals surface area contributed by atoms with Crippen LogP contribution in [-0.4, -0.2) is 29.9 Å². The molecule has 0 radical (unpaired) electrons. The van der Waals surface area contributed by atoms with Crippen molar-refractivity contribution in [1.82, 2.24) is 0 Å². The molecular weight excluding hydrogens is 224 g/mol. The maximum absolute atomic E-state index is 11.1. The van der Waals surface area contributed by atoms with Crippen LogP contribution in [0.3, 0.4) is 0 Å². The van der Waals surface area contributed by atoms with E-state index in [0.717, 1.165) is 6.42 Å². The number of esters is 2. The Bertz CT molecular complexity index is 314. The Morgan fingerprint density at radius 3 is 2.18 bits per heavy atom. The van der Waals surface area contributed by atoms with Gasteiger partial charge in [0.25, 0.3) is 0 Å². The van der Waals surface area contributed by atoms with E-state index in [1.807, 2.05) is 20.8 Å². The quantitative estimate of drug-likeness (QED) is 0.706. The average Bonchev–Trinajstić information content (AvgIpc) is 2.42. The number of ether oxygens (including phenoxy) is 3. The first kappa shape index (κ1) is 14.0. The molecule has 0 spiro atoms. The molecule has 5 heteroatoms. The summed E-state index contributed by atoms with van der Waals surface area (Å²) in [5, 5.41) is 0. The molecule has 0 aromatic carbocycles. The molecule has 5 nitrogen and oxygen atoms in total. The van der Waals surface area contributed by atoms with Crippen molar-refractivity contribution < 1.29 is 23.8 Å². The first-order chi connectivity index (χ1) is 7.80. The molecule has 0 aliphatic carbocycles. The van der Waals surface area contributed by atoms with Crippen LogP contribution in [0.4, 0.5) is 0 Å². The average molecular weight is 244 g/mol. The summed E-state index contributed by atoms with van der Waals surface area (Å²) >= 11 is 0. The van der Waals surface area contributed by atoms with Gasteiger partial charge in [0.05, 0.1) is 5.60 Å². The third kappa shape index (κ3) is 2.97. The van der Waals surface area contributed by atoms with E-state index in [1.165, 1.54) is 13.8 Å². The molecular formula is C12H20O5. The lowest BCUT2D eigenvalue weighted by atomic mass is 9.87. The van der Waals surface area contributed by atoms with Gasteiger partial charge < -0.3 is 14.2 Å². The Morgan fingerprint density at radius 2 is 1.76 bits per heavy atom. The van der Waals surface area contributed by atoms with Gasteiger partial charge in [-0.05, 0) is 13.3 Å². The molecule has 0 aromatic rings. The van der Waals surface area contributed by atoms with Crippen molar-refractivity contribution in [3.63, 3.8) is 0 Å². The van der Waals surface area contributed by atoms with Crippen LogP contribution in [0.15, 0.2) is 0 Å². The summed E-state index contributed by atoms with van der Waals surface area (Å²) in [6.07, 6.45) is -0.596. The first-order valence-electron chi connectivity index (χ1n) is 5.82. The van der Waals surface area contributed by atoms with E-state index >= 15 is 0 Å². The second-order valence-corrected chi connectivity index (χ2v) is 4.62. The van der Waals surface area contributed by atoms with Gasteiger partial charge in [-0.2, -0.15) is 0 Å². The smallest absolute Gasteiger partial charge is 0.305 e. The van der Waals surface area contributed by atoms with Gasteiger partial charge in [-0.1, -0.05) is 13.8 Å². The molecule has 1 aliphatic rings. The van der Waals surface area contributed by atoms with E-state index in [2.05, 4.69) is 0 Å². The standard InChI is InChI=1S/C12H20O5/c1-6-12(5)7(2)10(15-8(3)13)11(17-12)16-9(4)14/h7,10-11H,6H2,1-5H3/t7-,10+,11?,12+/m0/s1. The summed E-state index contributed by atoms with van der Waals surface area (Å²) < 4.78 is 16.0. The number of rotatable bonds is 3. The van der Waals surface area contributed by atoms with Crippen molar-refractivity contribution in [2.24, 2.45) is 5.92 Å². The SMILES string of the molecule is CC[C@@]1(C)OC(OC(C)=O)[C@H](OC(C)=O)[C@@H]1C. The summed E-state index contributed by atoms with van der Waals surface area (Å²) in [5.41, 5.74) is -0.444. The van der Waals surface area contributed by atoms with E-state index in [-0.39, 0.29) is 5.92 Å². The van der Waals surface area contributed by atoms with Gasteiger partial charge in [0.2, 0.25) is 6.29 Å². The van der Waals surface area contributed by atoms with Crippen LogP contribution in [0.25, 0.3) is 0 Å². The molecule has 0 N–H and O–H groups in total. The Kier molecular flexibility index (Phi) is 4.14. The Balaban J connectivity index is 2.87. The molecule has 0 amide bonds. The van der Waals surface area contributed by atoms with Gasteiger partial charge in [0, 0.05) is 19.8 Å². The second-order valence-electron chi connectivity index (χ2n) is 4.62. The molecule has 1 rings (SSSR count). The third-order valence-electron chi connectivity index (χ3n) is 3.40. The van der Waals surface area contributed by atoms with Gasteiger partial charge in [0.1, 0.15) is 0 Å². The molecule has 1 saturated heterocycles. The lowest BCUT2D eigenvalue weighted by Crippen LogP contribution is -2.35. The van der Waals surface area contributed by atoms with E-state index in [0.29, 0.717) is 0 Å². The minimum atomic E-state index is -0.809. The monoisotopic (exact) mass is 244 g/mol. The van der Waals surface area contributed by atoms with Gasteiger partial charge in [0.15, 0.2) is 6.10 Å². The minimum absolute atomic E-state index is 0.0271. The fourth-order valence-electron chi connectivity index (χ4n) is 2.03. The molecule has 0 aromatic heterocycles. The molecule has 1 heterocycles. The molecule has 0 bridgehead atoms. The number of hydrogen-bond acceptors (Lipinski definition) is 5. The van der Waals surface area contributed by atoms with Gasteiger partial charge in [-0.15, -0.1) is 0 Å². The van der Waals surface area contributed by atoms with Crippen molar-refractivity contribution in [3.05, 3.63) is 0 Å². The van der Waals surface area contributed by atoms with Crippen LogP contribution in [0.2, 0.25) is 0 Å². The highest BCUT2D eigenvalue weighted by atomic mass is 16.7. The maximum atomic E-state index is 11.1. The molecule has 0 saturated carbocycles. The molecule has 17 heavy (non-hydrogen) atoms. The van der Waals surface area contributed by atoms with E-state index in [1.54, 1.807) is 0 Å². The highest BCUT2D eigenvalue weighted by Gasteiger charge is 2.52. The van der Waals surface area contributed by atoms with Crippen LogP contribution < -0.4 is 0 Å². The summed E-state index contributed by atoms with van der Waals surface area (Å²) in [5.74, 6) is -0.872. The Labute approximate surface area is 101 Å². The van der Waals surface area contributed by atoms with Gasteiger partial charge in [-0.3, -0.25) is 9.59 Å². The molecule has 98 valence electrons. The Hall–Kier alpha value is -1.10. The fourth-order valence-corrected chi connectivity index (χ4v) is 2.03. The minimum Gasteiger partial charge on any atom is -0.455 e. The zero-order chi connectivity index (χ0) is 13.2. The van der Waals surface area contributed by atoms with Crippen molar-refractivity contribution in [3.8, 4) is 0 Å². The molecule has 1 unspecified atom stereocenters. The predicted molar refractivity (Wildman–Crippen MR) is 60.1 cm³/mol. The van der Waals surface area contributed by atoms with Gasteiger partial charge in [-0.25, -0.2) is 0 Å². The van der Waals surface area contributed by atoms with E-state index in [4.69, 9.17) is 14.2 Å². The van der Waals surface area contributed by atoms with E-state index < -0.39 is 29.9 Å². The summed E-state index contributed by atoms with van der Waals surface area (Å²) in [7, 11) is 0. The normalized spacial score (nSPS) is 36.6.